The van der Waals surface area contributed by atoms with E-state index in [0.29, 0.717) is 0 Å². The topological polar surface area (TPSA) is 63.2 Å². The molecule has 0 rings (SSSR count). The summed E-state index contributed by atoms with van der Waals surface area (Å²) in [6.45, 7) is 0. The number of rotatable bonds is 0. The molecule has 0 saturated carbocycles. The van der Waals surface area contributed by atoms with Gasteiger partial charge in [-0.15, -0.1) is 0 Å². The van der Waals surface area contributed by atoms with Crippen molar-refractivity contribution >= 4 is 26.5 Å². The minimum absolute atomic E-state index is 0. The van der Waals surface area contributed by atoms with Crippen molar-refractivity contribution in [2.75, 3.05) is 0 Å². The van der Waals surface area contributed by atoms with Crippen LogP contribution >= 0.6 is 0 Å². The largest absolute Gasteiger partial charge is 3.00 e. The molecule has 0 aromatic rings. The minimum Gasteiger partial charge on any atom is -0.672 e. The fraction of sp³-hybridized carbons (Fsp3) is 0. The third kappa shape index (κ3) is 89.3. The van der Waals surface area contributed by atoms with Crippen LogP contribution in [0, 0.1) is 0 Å². The molecule has 26 valence electrons. The standard InChI is InChI=1S/Al.O3Si.Zn.Zr/c;1-4(2)3;;/q+3;-2;2*+2. The Morgan fingerprint density at radius 2 is 1.29 bits per heavy atom. The third-order valence-electron chi connectivity index (χ3n) is 0. The van der Waals surface area contributed by atoms with Crippen molar-refractivity contribution in [1.29, 1.82) is 0 Å². The number of hydrogen-bond acceptors (Lipinski definition) is 3. The van der Waals surface area contributed by atoms with Gasteiger partial charge in [-0.05, 0) is 0 Å². The van der Waals surface area contributed by atoms with Gasteiger partial charge in [-0.25, -0.2) is 0 Å². The van der Waals surface area contributed by atoms with Crippen LogP contribution in [-0.2, 0) is 50.1 Å². The molecule has 0 spiro atoms. The first-order valence-electron chi connectivity index (χ1n) is 0.612. The van der Waals surface area contributed by atoms with Crippen molar-refractivity contribution in [2.45, 2.75) is 0 Å². The predicted molar refractivity (Wildman–Crippen MR) is 12.2 cm³/mol. The van der Waals surface area contributed by atoms with Crippen LogP contribution in [0.3, 0.4) is 0 Å². The monoisotopic (exact) mass is 257 g/mol. The van der Waals surface area contributed by atoms with Gasteiger partial charge in [-0.1, -0.05) is 0 Å². The first-order valence-corrected chi connectivity index (χ1v) is 1.84. The van der Waals surface area contributed by atoms with E-state index in [4.69, 9.17) is 14.1 Å². The van der Waals surface area contributed by atoms with Crippen molar-refractivity contribution in [3.63, 3.8) is 0 Å². The Bertz CT molecular complexity index is 37.9. The number of hydrogen-bond donors (Lipinski definition) is 0. The van der Waals surface area contributed by atoms with Gasteiger partial charge in [0, 0.05) is 9.17 Å². The minimum atomic E-state index is -3.63. The van der Waals surface area contributed by atoms with Crippen LogP contribution in [0.4, 0.5) is 0 Å². The molecule has 0 aliphatic heterocycles. The van der Waals surface area contributed by atoms with Gasteiger partial charge in [-0.3, -0.25) is 0 Å². The van der Waals surface area contributed by atoms with Crippen molar-refractivity contribution in [1.82, 2.24) is 0 Å². The van der Waals surface area contributed by atoms with Crippen molar-refractivity contribution in [3.8, 4) is 0 Å². The Hall–Kier alpha value is 1.66. The normalized spacial score (nSPS) is 3.43. The molecule has 0 atom stereocenters. The van der Waals surface area contributed by atoms with Crippen molar-refractivity contribution in [2.24, 2.45) is 0 Å². The Balaban J connectivity index is -0.0000000150. The Labute approximate surface area is 85.4 Å². The Kier molecular flexibility index (Phi) is 52.3. The van der Waals surface area contributed by atoms with Crippen molar-refractivity contribution < 1.29 is 59.7 Å². The third-order valence-corrected chi connectivity index (χ3v) is 0. The molecule has 0 bridgehead atoms. The molecule has 0 radical (unpaired) electrons. The van der Waals surface area contributed by atoms with Crippen LogP contribution in [0.25, 0.3) is 0 Å². The maximum atomic E-state index is 8.52. The molecule has 7 heteroatoms. The molecule has 0 N–H and O–H groups in total. The Morgan fingerprint density at radius 3 is 1.29 bits per heavy atom. The maximum absolute atomic E-state index is 8.52. The van der Waals surface area contributed by atoms with Gasteiger partial charge >= 0.3 is 63.0 Å². The van der Waals surface area contributed by atoms with Crippen LogP contribution in [0.1, 0.15) is 0 Å². The molecule has 0 amide bonds. The molecule has 0 unspecified atom stereocenters. The second-order valence-electron chi connectivity index (χ2n) is 0.250. The molecular weight excluding hydrogens is 260 g/mol. The summed E-state index contributed by atoms with van der Waals surface area (Å²) in [7, 11) is -3.63. The van der Waals surface area contributed by atoms with E-state index in [2.05, 4.69) is 0 Å². The average Bonchev–Trinajstić information content (AvgIpc) is 0.811. The van der Waals surface area contributed by atoms with Gasteiger partial charge in [0.25, 0.3) is 0 Å². The van der Waals surface area contributed by atoms with Crippen molar-refractivity contribution in [3.05, 3.63) is 0 Å². The van der Waals surface area contributed by atoms with Crippen LogP contribution in [-0.4, -0.2) is 26.5 Å². The summed E-state index contributed by atoms with van der Waals surface area (Å²) < 4.78 is 8.52. The van der Waals surface area contributed by atoms with E-state index in [0.717, 1.165) is 0 Å². The van der Waals surface area contributed by atoms with Gasteiger partial charge in [0.2, 0.25) is 0 Å². The van der Waals surface area contributed by atoms with E-state index in [1.807, 2.05) is 0 Å². The summed E-state index contributed by atoms with van der Waals surface area (Å²) in [5.74, 6) is 0. The van der Waals surface area contributed by atoms with Gasteiger partial charge in [0.1, 0.15) is 0 Å². The molecule has 7 heavy (non-hydrogen) atoms. The smallest absolute Gasteiger partial charge is 0.672 e. The molecule has 0 saturated heterocycles. The van der Waals surface area contributed by atoms with E-state index in [9.17, 15) is 0 Å². The first kappa shape index (κ1) is 23.4. The summed E-state index contributed by atoms with van der Waals surface area (Å²) in [6.07, 6.45) is 0. The van der Waals surface area contributed by atoms with Gasteiger partial charge < -0.3 is 14.1 Å². The zero-order valence-corrected chi connectivity index (χ0v) is 11.1. The van der Waals surface area contributed by atoms with Gasteiger partial charge in [-0.2, -0.15) is 0 Å². The Morgan fingerprint density at radius 1 is 1.29 bits per heavy atom. The van der Waals surface area contributed by atoms with Gasteiger partial charge in [0.05, 0.1) is 0 Å². The quantitative estimate of drug-likeness (QED) is 0.429. The summed E-state index contributed by atoms with van der Waals surface area (Å²) in [5, 5.41) is 0. The molecule has 0 heterocycles. The summed E-state index contributed by atoms with van der Waals surface area (Å²) in [6, 6.07) is 0. The molecule has 0 aliphatic rings. The molecule has 3 nitrogen and oxygen atoms in total. The van der Waals surface area contributed by atoms with E-state index in [-0.39, 0.29) is 63.0 Å². The second kappa shape index (κ2) is 15.6. The summed E-state index contributed by atoms with van der Waals surface area (Å²) >= 11 is 0. The van der Waals surface area contributed by atoms with Crippen LogP contribution in [0.15, 0.2) is 0 Å². The molecule has 0 fully saturated rings. The summed E-state index contributed by atoms with van der Waals surface area (Å²) in [5.41, 5.74) is 0. The zero-order chi connectivity index (χ0) is 3.58. The van der Waals surface area contributed by atoms with Crippen LogP contribution in [0.5, 0.6) is 0 Å². The van der Waals surface area contributed by atoms with E-state index < -0.39 is 9.17 Å². The SMILES string of the molecule is O=[Si]([O-])[O-].[Al+3].[Zn+2].[Zr+2]. The van der Waals surface area contributed by atoms with E-state index in [1.54, 1.807) is 0 Å². The van der Waals surface area contributed by atoms with Crippen LogP contribution < -0.4 is 9.59 Å². The van der Waals surface area contributed by atoms with E-state index >= 15 is 0 Å². The van der Waals surface area contributed by atoms with E-state index in [1.165, 1.54) is 0 Å². The predicted octanol–water partition coefficient (Wildman–Crippen LogP) is -3.26. The maximum Gasteiger partial charge on any atom is 3.00 e. The summed E-state index contributed by atoms with van der Waals surface area (Å²) in [4.78, 5) is 17.0. The fourth-order valence-corrected chi connectivity index (χ4v) is 0. The fourth-order valence-electron chi connectivity index (χ4n) is 0. The second-order valence-corrected chi connectivity index (χ2v) is 0.750. The molecular formula is AlO3SiZnZr+5. The van der Waals surface area contributed by atoms with Gasteiger partial charge in [0.15, 0.2) is 0 Å². The molecule has 0 aromatic heterocycles. The van der Waals surface area contributed by atoms with Crippen LogP contribution in [0.2, 0.25) is 0 Å². The molecule has 0 aromatic carbocycles. The average molecular weight is 260 g/mol. The zero-order valence-electron chi connectivity index (χ0n) is 3.51. The first-order chi connectivity index (χ1) is 1.73. The molecule has 0 aliphatic carbocycles.